The molecule has 8 aromatic rings. The van der Waals surface area contributed by atoms with Gasteiger partial charge in [0.1, 0.15) is 84.6 Å². The highest BCUT2D eigenvalue weighted by molar-refractivity contribution is 6.02. The minimum Gasteiger partial charge on any atom is -0.396 e. The SMILES string of the molecule is CC[C@H](C)[C@H](NC=O)C(=O)NCC(=O)N[C@@H](C)C(=O)N[C@H](CC(C)C)C(=O)N[C@@H](C)C(=O)N[C@@H](C(=O)N[C@H](C(=O)N[C@@H](C(=O)N[C@@H](Cc1c[nH]c2ccccc12)C(=O)N[C@H](CC(C)C)C(=O)N[C@@H](Cc1c[nH]c2ccccc12)C(=O)N[C@H](CC(C)C)C(=O)N[C@@H](Cc1c[nH]c2ccccc12)C(=O)N[C@H](CC(C)C)C(=O)N[C@@H](Cc1c[nH]c2ccccc12)C(=O)NCCCO)C(C)C)C(C)C)C(C)C. The standard InChI is InChI=1S/C101H144N20O17/c1-19-60(16)87(108-52-123)98(135)107-51-83(124)109-61(17)88(125)111-75(39-53(2)3)91(128)110-62(18)89(126)119-85(58(12)13)100(137)121-86(59(14)15)101(138)120-84(57(10)11)99(136)118-82(46-66-50-106-74-36-27-23-32-70(66)74)97(134)114-78(42-56(8)9)94(131)117-81(45-65-49-105-73-35-26-22-31-69(65)73)96(133)113-77(41-55(6)7)93(130)116-80(44-64-48-104-72-34-25-21-30-68(64)72)95(132)112-76(40-54(4)5)92(129)115-79(90(127)102-37-28-38-122)43-63-47-103-71-33-24-20-29-67(63)71/h20-27,29-36,47-50,52-62,75-82,84-87,103-106,122H,19,28,37-46,51H2,1-18H3,(H,102,127)(H,107,135)(H,108,123)(H,109,124)(H,110,128)(H,111,125)(H,112,132)(H,113,133)(H,114,134)(H,115,129)(H,116,130)(H,117,131)(H,118,136)(H,119,126)(H,120,138)(H,121,137)/t60-,61-,62-,75+,76+,77+,78+,79-,80-,81-,82-,84+,85+,86-,87-/m0/s1. The molecule has 4 aromatic carbocycles. The van der Waals surface area contributed by atoms with Crippen molar-refractivity contribution >= 4 is 139 Å². The number of aliphatic hydroxyl groups is 1. The Hall–Kier alpha value is -13.5. The third-order valence-electron chi connectivity index (χ3n) is 24.4. The Morgan fingerprint density at radius 3 is 0.884 bits per heavy atom. The van der Waals surface area contributed by atoms with Crippen LogP contribution in [0.15, 0.2) is 122 Å². The number of aromatic amines is 4. The van der Waals surface area contributed by atoms with Crippen LogP contribution in [0.25, 0.3) is 43.6 Å². The van der Waals surface area contributed by atoms with Gasteiger partial charge in [-0.1, -0.05) is 190 Å². The molecular formula is C101H144N20O17. The number of para-hydroxylation sites is 4. The number of rotatable bonds is 55. The van der Waals surface area contributed by atoms with E-state index < -0.39 is 197 Å². The Balaban J connectivity index is 1.00. The van der Waals surface area contributed by atoms with E-state index in [0.29, 0.717) is 51.3 Å². The van der Waals surface area contributed by atoms with Gasteiger partial charge in [-0.3, -0.25) is 76.7 Å². The maximum Gasteiger partial charge on any atom is 0.243 e. The lowest BCUT2D eigenvalue weighted by Crippen LogP contribution is -2.62. The average Bonchev–Trinajstić information content (AvgIpc) is 1.65. The third-order valence-corrected chi connectivity index (χ3v) is 24.4. The van der Waals surface area contributed by atoms with E-state index in [1.165, 1.54) is 13.8 Å². The van der Waals surface area contributed by atoms with E-state index in [-0.39, 0.29) is 101 Å². The summed E-state index contributed by atoms with van der Waals surface area (Å²) in [5.74, 6) is -14.4. The van der Waals surface area contributed by atoms with Crippen molar-refractivity contribution in [3.63, 3.8) is 0 Å². The molecule has 0 fully saturated rings. The molecule has 0 spiro atoms. The number of fused-ring (bicyclic) bond motifs is 4. The van der Waals surface area contributed by atoms with Crippen molar-refractivity contribution in [2.75, 3.05) is 19.7 Å². The van der Waals surface area contributed by atoms with Crippen LogP contribution in [0.3, 0.4) is 0 Å². The molecule has 16 amide bonds. The smallest absolute Gasteiger partial charge is 0.243 e. The van der Waals surface area contributed by atoms with Gasteiger partial charge in [0.15, 0.2) is 0 Å². The number of H-pyrrole nitrogens is 4. The molecule has 750 valence electrons. The minimum absolute atomic E-state index is 0.0118. The number of carbonyl (C=O) groups is 16. The van der Waals surface area contributed by atoms with Gasteiger partial charge in [0.2, 0.25) is 95.0 Å². The minimum atomic E-state index is -1.48. The van der Waals surface area contributed by atoms with E-state index in [2.05, 4.69) is 105 Å². The predicted molar refractivity (Wildman–Crippen MR) is 527 cm³/mol. The lowest BCUT2D eigenvalue weighted by molar-refractivity contribution is -0.137. The van der Waals surface area contributed by atoms with Gasteiger partial charge >= 0.3 is 0 Å². The quantitative estimate of drug-likeness (QED) is 0.0173. The van der Waals surface area contributed by atoms with Crippen LogP contribution in [0, 0.1) is 47.3 Å². The van der Waals surface area contributed by atoms with Gasteiger partial charge in [0, 0.05) is 107 Å². The molecule has 4 aromatic heterocycles. The molecule has 0 aliphatic heterocycles. The van der Waals surface area contributed by atoms with E-state index in [4.69, 9.17) is 0 Å². The number of nitrogens with one attached hydrogen (secondary N) is 20. The molecule has 0 saturated carbocycles. The number of amides is 16. The lowest BCUT2D eigenvalue weighted by atomic mass is 9.97. The van der Waals surface area contributed by atoms with Crippen LogP contribution in [0.1, 0.15) is 185 Å². The summed E-state index contributed by atoms with van der Waals surface area (Å²) in [4.78, 5) is 242. The molecular weight excluding hydrogens is 1770 g/mol. The van der Waals surface area contributed by atoms with Crippen molar-refractivity contribution in [3.05, 3.63) is 144 Å². The molecule has 8 rings (SSSR count). The maximum atomic E-state index is 15.6. The first kappa shape index (κ1) is 110. The van der Waals surface area contributed by atoms with Gasteiger partial charge in [-0.2, -0.15) is 0 Å². The monoisotopic (exact) mass is 1910 g/mol. The van der Waals surface area contributed by atoms with Crippen molar-refractivity contribution in [3.8, 4) is 0 Å². The van der Waals surface area contributed by atoms with Crippen molar-refractivity contribution in [2.24, 2.45) is 47.3 Å². The van der Waals surface area contributed by atoms with Gasteiger partial charge in [0.05, 0.1) is 6.54 Å². The predicted octanol–water partition coefficient (Wildman–Crippen LogP) is 5.15. The van der Waals surface area contributed by atoms with E-state index in [1.807, 2.05) is 139 Å². The summed E-state index contributed by atoms with van der Waals surface area (Å²) in [5.41, 5.74) is 5.54. The van der Waals surface area contributed by atoms with Gasteiger partial charge in [-0.05, 0) is 140 Å². The summed E-state index contributed by atoms with van der Waals surface area (Å²) in [6, 6.07) is 11.3. The Morgan fingerprint density at radius 1 is 0.304 bits per heavy atom. The second-order valence-corrected chi connectivity index (χ2v) is 38.7. The van der Waals surface area contributed by atoms with Crippen molar-refractivity contribution in [2.45, 2.75) is 273 Å². The summed E-state index contributed by atoms with van der Waals surface area (Å²) in [6.45, 7) is 30.4. The number of aromatic nitrogens is 4. The van der Waals surface area contributed by atoms with E-state index in [1.54, 1.807) is 93.2 Å². The van der Waals surface area contributed by atoms with Crippen LogP contribution in [-0.2, 0) is 102 Å². The van der Waals surface area contributed by atoms with Gasteiger partial charge in [0.25, 0.3) is 0 Å². The van der Waals surface area contributed by atoms with E-state index in [9.17, 15) is 53.1 Å². The van der Waals surface area contributed by atoms with Crippen LogP contribution in [-0.4, -0.2) is 224 Å². The number of hydrogen-bond acceptors (Lipinski definition) is 17. The van der Waals surface area contributed by atoms with Crippen molar-refractivity contribution in [1.82, 2.24) is 105 Å². The molecule has 0 aliphatic rings. The third kappa shape index (κ3) is 32.1. The van der Waals surface area contributed by atoms with Crippen LogP contribution < -0.4 is 85.1 Å². The van der Waals surface area contributed by atoms with Gasteiger partial charge in [-0.25, -0.2) is 0 Å². The largest absolute Gasteiger partial charge is 0.396 e. The Bertz CT molecular complexity index is 5510. The summed E-state index contributed by atoms with van der Waals surface area (Å²) in [6.07, 6.45) is 7.91. The molecule has 37 heteroatoms. The lowest BCUT2D eigenvalue weighted by Gasteiger charge is -2.31. The average molecular weight is 1910 g/mol. The molecule has 15 atom stereocenters. The fourth-order valence-electron chi connectivity index (χ4n) is 16.5. The summed E-state index contributed by atoms with van der Waals surface area (Å²) in [5, 5.41) is 56.8. The number of hydrogen-bond donors (Lipinski definition) is 21. The summed E-state index contributed by atoms with van der Waals surface area (Å²) < 4.78 is 0. The normalized spacial score (nSPS) is 14.9. The summed E-state index contributed by atoms with van der Waals surface area (Å²) in [7, 11) is 0. The van der Waals surface area contributed by atoms with Gasteiger partial charge < -0.3 is 110 Å². The second-order valence-electron chi connectivity index (χ2n) is 38.7. The molecule has 0 bridgehead atoms. The molecule has 0 unspecified atom stereocenters. The topological polar surface area (TPSA) is 549 Å². The van der Waals surface area contributed by atoms with E-state index in [0.717, 1.165) is 27.4 Å². The second kappa shape index (κ2) is 52.7. The highest BCUT2D eigenvalue weighted by Gasteiger charge is 2.41. The fourth-order valence-corrected chi connectivity index (χ4v) is 16.5. The van der Waals surface area contributed by atoms with Gasteiger partial charge in [-0.15, -0.1) is 0 Å². The Kier molecular flexibility index (Phi) is 42.0. The number of benzene rings is 4. The van der Waals surface area contributed by atoms with Crippen LogP contribution in [0.2, 0.25) is 0 Å². The Labute approximate surface area is 806 Å². The first-order valence-corrected chi connectivity index (χ1v) is 48.0. The maximum absolute atomic E-state index is 15.6. The van der Waals surface area contributed by atoms with E-state index >= 15 is 28.8 Å². The molecule has 0 saturated heterocycles. The highest BCUT2D eigenvalue weighted by atomic mass is 16.3. The van der Waals surface area contributed by atoms with Crippen LogP contribution in [0.5, 0.6) is 0 Å². The molecule has 0 radical (unpaired) electrons. The first-order valence-electron chi connectivity index (χ1n) is 48.0. The zero-order chi connectivity index (χ0) is 101. The first-order chi connectivity index (χ1) is 65.5. The zero-order valence-corrected chi connectivity index (χ0v) is 82.5. The fraction of sp³-hybridized carbons (Fsp3) is 0.525. The highest BCUT2D eigenvalue weighted by Crippen LogP contribution is 2.26. The van der Waals surface area contributed by atoms with Crippen molar-refractivity contribution in [1.29, 1.82) is 0 Å². The summed E-state index contributed by atoms with van der Waals surface area (Å²) >= 11 is 0. The molecule has 37 nitrogen and oxygen atoms in total. The Morgan fingerprint density at radius 2 is 0.572 bits per heavy atom. The molecule has 0 aliphatic carbocycles. The zero-order valence-electron chi connectivity index (χ0n) is 82.5. The van der Waals surface area contributed by atoms with Crippen LogP contribution >= 0.6 is 0 Å². The van der Waals surface area contributed by atoms with Crippen molar-refractivity contribution < 1.29 is 81.8 Å². The molecule has 4 heterocycles. The molecule has 138 heavy (non-hydrogen) atoms. The molecule has 21 N–H and O–H groups in total. The number of aliphatic hydroxyl groups excluding tert-OH is 1. The number of carbonyl (C=O) groups excluding carboxylic acids is 16. The van der Waals surface area contributed by atoms with Crippen LogP contribution in [0.4, 0.5) is 0 Å².